The number of aliphatic hydroxyl groups is 1. The van der Waals surface area contributed by atoms with Crippen LogP contribution in [0.1, 0.15) is 19.4 Å². The summed E-state index contributed by atoms with van der Waals surface area (Å²) in [6.45, 7) is 3.90. The van der Waals surface area contributed by atoms with Gasteiger partial charge in [-0.2, -0.15) is 0 Å². The second-order valence-corrected chi connectivity index (χ2v) is 4.17. The van der Waals surface area contributed by atoms with E-state index < -0.39 is 17.2 Å². The molecule has 0 saturated carbocycles. The number of hydrogen-bond acceptors (Lipinski definition) is 2. The number of rotatable bonds is 4. The van der Waals surface area contributed by atoms with Crippen LogP contribution in [0.5, 0.6) is 0 Å². The molecule has 0 aliphatic rings. The Morgan fingerprint density at radius 1 is 1.20 bits per heavy atom. The zero-order valence-electron chi connectivity index (χ0n) is 8.85. The molecular formula is C11H15F2NO. The number of nitrogens with one attached hydrogen (secondary N) is 1. The smallest absolute Gasteiger partial charge is 0.126 e. The Morgan fingerprint density at radius 3 is 2.20 bits per heavy atom. The predicted octanol–water partition coefficient (Wildman–Crippen LogP) is 1.83. The normalized spacial score (nSPS) is 11.8. The summed E-state index contributed by atoms with van der Waals surface area (Å²) in [5, 5.41) is 12.0. The minimum absolute atomic E-state index is 0.0369. The minimum atomic E-state index is -0.589. The van der Waals surface area contributed by atoms with Gasteiger partial charge in [0.25, 0.3) is 0 Å². The van der Waals surface area contributed by atoms with Gasteiger partial charge < -0.3 is 10.4 Å². The SMILES string of the molecule is CC(C)(CO)NCc1cc(F)cc(F)c1. The highest BCUT2D eigenvalue weighted by Crippen LogP contribution is 2.09. The summed E-state index contributed by atoms with van der Waals surface area (Å²) in [7, 11) is 0. The molecule has 0 fully saturated rings. The molecule has 0 amide bonds. The van der Waals surface area contributed by atoms with Gasteiger partial charge in [0.05, 0.1) is 6.61 Å². The van der Waals surface area contributed by atoms with Crippen molar-refractivity contribution in [1.82, 2.24) is 5.32 Å². The van der Waals surface area contributed by atoms with E-state index in [1.165, 1.54) is 12.1 Å². The Hall–Kier alpha value is -1.00. The van der Waals surface area contributed by atoms with Gasteiger partial charge in [0, 0.05) is 18.2 Å². The third-order valence-corrected chi connectivity index (χ3v) is 2.09. The molecule has 0 aliphatic carbocycles. The molecule has 2 nitrogen and oxygen atoms in total. The van der Waals surface area contributed by atoms with Gasteiger partial charge in [0.15, 0.2) is 0 Å². The van der Waals surface area contributed by atoms with Crippen LogP contribution in [0.25, 0.3) is 0 Å². The summed E-state index contributed by atoms with van der Waals surface area (Å²) >= 11 is 0. The monoisotopic (exact) mass is 215 g/mol. The van der Waals surface area contributed by atoms with Gasteiger partial charge in [0.2, 0.25) is 0 Å². The molecule has 15 heavy (non-hydrogen) atoms. The molecule has 0 bridgehead atoms. The van der Waals surface area contributed by atoms with E-state index in [9.17, 15) is 8.78 Å². The van der Waals surface area contributed by atoms with Crippen molar-refractivity contribution < 1.29 is 13.9 Å². The molecule has 0 aromatic heterocycles. The Labute approximate surface area is 87.9 Å². The van der Waals surface area contributed by atoms with Crippen LogP contribution in [0.15, 0.2) is 18.2 Å². The van der Waals surface area contributed by atoms with Gasteiger partial charge >= 0.3 is 0 Å². The fourth-order valence-electron chi connectivity index (χ4n) is 1.11. The second-order valence-electron chi connectivity index (χ2n) is 4.17. The lowest BCUT2D eigenvalue weighted by molar-refractivity contribution is 0.187. The first kappa shape index (κ1) is 12.1. The quantitative estimate of drug-likeness (QED) is 0.803. The largest absolute Gasteiger partial charge is 0.394 e. The molecule has 84 valence electrons. The summed E-state index contributed by atoms with van der Waals surface area (Å²) in [6.07, 6.45) is 0. The number of aliphatic hydroxyl groups excluding tert-OH is 1. The zero-order chi connectivity index (χ0) is 11.5. The van der Waals surface area contributed by atoms with Crippen LogP contribution in [0.2, 0.25) is 0 Å². The molecule has 1 aromatic rings. The molecule has 1 rings (SSSR count). The maximum atomic E-state index is 12.8. The maximum Gasteiger partial charge on any atom is 0.126 e. The topological polar surface area (TPSA) is 32.3 Å². The van der Waals surface area contributed by atoms with Gasteiger partial charge in [0.1, 0.15) is 11.6 Å². The third-order valence-electron chi connectivity index (χ3n) is 2.09. The van der Waals surface area contributed by atoms with Crippen LogP contribution in [0, 0.1) is 11.6 Å². The average Bonchev–Trinajstić information content (AvgIpc) is 2.14. The van der Waals surface area contributed by atoms with E-state index in [-0.39, 0.29) is 6.61 Å². The summed E-state index contributed by atoms with van der Waals surface area (Å²) < 4.78 is 25.6. The van der Waals surface area contributed by atoms with Crippen LogP contribution in [-0.2, 0) is 6.54 Å². The average molecular weight is 215 g/mol. The van der Waals surface area contributed by atoms with E-state index in [4.69, 9.17) is 5.11 Å². The van der Waals surface area contributed by atoms with Crippen LogP contribution < -0.4 is 5.32 Å². The van der Waals surface area contributed by atoms with Crippen LogP contribution in [0.4, 0.5) is 8.78 Å². The second kappa shape index (κ2) is 4.68. The maximum absolute atomic E-state index is 12.8. The molecule has 0 saturated heterocycles. The Balaban J connectivity index is 2.65. The summed E-state index contributed by atoms with van der Waals surface area (Å²) in [5.41, 5.74) is 0.0667. The number of benzene rings is 1. The van der Waals surface area contributed by atoms with Crippen LogP contribution in [0.3, 0.4) is 0 Å². The van der Waals surface area contributed by atoms with Gasteiger partial charge in [-0.3, -0.25) is 0 Å². The third kappa shape index (κ3) is 3.93. The molecule has 0 radical (unpaired) electrons. The number of hydrogen-bond donors (Lipinski definition) is 2. The highest BCUT2D eigenvalue weighted by atomic mass is 19.1. The van der Waals surface area contributed by atoms with Crippen molar-refractivity contribution in [1.29, 1.82) is 0 Å². The Kier molecular flexibility index (Phi) is 3.77. The Morgan fingerprint density at radius 2 is 1.73 bits per heavy atom. The molecule has 0 unspecified atom stereocenters. The molecular weight excluding hydrogens is 200 g/mol. The van der Waals surface area contributed by atoms with E-state index in [1.807, 2.05) is 13.8 Å². The molecule has 0 spiro atoms. The van der Waals surface area contributed by atoms with E-state index in [1.54, 1.807) is 0 Å². The molecule has 0 heterocycles. The summed E-state index contributed by atoms with van der Waals surface area (Å²) in [5.74, 6) is -1.18. The van der Waals surface area contributed by atoms with Crippen molar-refractivity contribution in [3.63, 3.8) is 0 Å². The van der Waals surface area contributed by atoms with Gasteiger partial charge in [-0.25, -0.2) is 8.78 Å². The van der Waals surface area contributed by atoms with Crippen molar-refractivity contribution in [2.45, 2.75) is 25.9 Å². The van der Waals surface area contributed by atoms with E-state index in [0.717, 1.165) is 6.07 Å². The van der Waals surface area contributed by atoms with Crippen molar-refractivity contribution in [3.05, 3.63) is 35.4 Å². The molecule has 0 aliphatic heterocycles. The standard InChI is InChI=1S/C11H15F2NO/c1-11(2,7-15)14-6-8-3-9(12)5-10(13)4-8/h3-5,14-15H,6-7H2,1-2H3. The fraction of sp³-hybridized carbons (Fsp3) is 0.455. The molecule has 2 N–H and O–H groups in total. The first-order valence-electron chi connectivity index (χ1n) is 4.74. The highest BCUT2D eigenvalue weighted by Gasteiger charge is 2.15. The van der Waals surface area contributed by atoms with Gasteiger partial charge in [-0.05, 0) is 31.5 Å². The molecule has 4 heteroatoms. The lowest BCUT2D eigenvalue weighted by atomic mass is 10.1. The lowest BCUT2D eigenvalue weighted by Gasteiger charge is -2.23. The van der Waals surface area contributed by atoms with Crippen LogP contribution in [-0.4, -0.2) is 17.3 Å². The lowest BCUT2D eigenvalue weighted by Crippen LogP contribution is -2.42. The van der Waals surface area contributed by atoms with Crippen molar-refractivity contribution in [2.24, 2.45) is 0 Å². The van der Waals surface area contributed by atoms with Gasteiger partial charge in [-0.1, -0.05) is 0 Å². The van der Waals surface area contributed by atoms with Crippen molar-refractivity contribution >= 4 is 0 Å². The Bertz CT molecular complexity index is 319. The summed E-state index contributed by atoms with van der Waals surface area (Å²) in [6, 6.07) is 3.37. The zero-order valence-corrected chi connectivity index (χ0v) is 8.85. The van der Waals surface area contributed by atoms with Crippen LogP contribution >= 0.6 is 0 Å². The predicted molar refractivity (Wildman–Crippen MR) is 54.4 cm³/mol. The van der Waals surface area contributed by atoms with Crippen molar-refractivity contribution in [2.75, 3.05) is 6.61 Å². The van der Waals surface area contributed by atoms with Crippen molar-refractivity contribution in [3.8, 4) is 0 Å². The first-order valence-corrected chi connectivity index (χ1v) is 4.74. The first-order chi connectivity index (χ1) is 6.93. The summed E-state index contributed by atoms with van der Waals surface area (Å²) in [4.78, 5) is 0. The number of halogens is 2. The fourth-order valence-corrected chi connectivity index (χ4v) is 1.11. The molecule has 1 aromatic carbocycles. The van der Waals surface area contributed by atoms with E-state index in [2.05, 4.69) is 5.32 Å². The van der Waals surface area contributed by atoms with E-state index >= 15 is 0 Å². The molecule has 0 atom stereocenters. The highest BCUT2D eigenvalue weighted by molar-refractivity contribution is 5.17. The van der Waals surface area contributed by atoms with Gasteiger partial charge in [-0.15, -0.1) is 0 Å². The minimum Gasteiger partial charge on any atom is -0.394 e. The van der Waals surface area contributed by atoms with E-state index in [0.29, 0.717) is 12.1 Å².